The van der Waals surface area contributed by atoms with Gasteiger partial charge in [0, 0.05) is 30.7 Å². The lowest BCUT2D eigenvalue weighted by atomic mass is 9.97. The first kappa shape index (κ1) is 14.0. The number of pyridine rings is 1. The van der Waals surface area contributed by atoms with Gasteiger partial charge in [-0.3, -0.25) is 9.78 Å². The van der Waals surface area contributed by atoms with Crippen LogP contribution < -0.4 is 5.32 Å². The molecular formula is C17H21N3O. The van der Waals surface area contributed by atoms with E-state index in [1.165, 1.54) is 0 Å². The van der Waals surface area contributed by atoms with Gasteiger partial charge in [0.1, 0.15) is 0 Å². The summed E-state index contributed by atoms with van der Waals surface area (Å²) in [5.74, 6) is 0.710. The zero-order valence-electron chi connectivity index (χ0n) is 12.4. The molecule has 2 aromatic rings. The second-order valence-electron chi connectivity index (χ2n) is 5.79. The van der Waals surface area contributed by atoms with Gasteiger partial charge < -0.3 is 10.2 Å². The van der Waals surface area contributed by atoms with Crippen molar-refractivity contribution in [3.8, 4) is 0 Å². The summed E-state index contributed by atoms with van der Waals surface area (Å²) in [5.41, 5.74) is 1.67. The van der Waals surface area contributed by atoms with Crippen molar-refractivity contribution in [3.05, 3.63) is 42.1 Å². The number of hydrogen-bond donors (Lipinski definition) is 1. The molecule has 2 heterocycles. The van der Waals surface area contributed by atoms with Crippen LogP contribution in [-0.2, 0) is 0 Å². The summed E-state index contributed by atoms with van der Waals surface area (Å²) in [6, 6.07) is 9.61. The number of piperidine rings is 1. The lowest BCUT2D eigenvalue weighted by Crippen LogP contribution is -2.37. The first-order valence-corrected chi connectivity index (χ1v) is 7.55. The number of aromatic nitrogens is 1. The van der Waals surface area contributed by atoms with Crippen LogP contribution in [0.3, 0.4) is 0 Å². The van der Waals surface area contributed by atoms with E-state index in [0.29, 0.717) is 5.92 Å². The Kier molecular flexibility index (Phi) is 4.15. The van der Waals surface area contributed by atoms with Crippen molar-refractivity contribution in [1.29, 1.82) is 0 Å². The highest BCUT2D eigenvalue weighted by atomic mass is 16.2. The van der Waals surface area contributed by atoms with Gasteiger partial charge in [0.2, 0.25) is 0 Å². The molecule has 4 nitrogen and oxygen atoms in total. The molecule has 3 rings (SSSR count). The predicted molar refractivity (Wildman–Crippen MR) is 84.3 cm³/mol. The molecule has 1 saturated heterocycles. The highest BCUT2D eigenvalue weighted by Crippen LogP contribution is 2.17. The van der Waals surface area contributed by atoms with Gasteiger partial charge in [0.25, 0.3) is 5.91 Å². The first-order valence-electron chi connectivity index (χ1n) is 7.55. The fraction of sp³-hybridized carbons (Fsp3) is 0.412. The van der Waals surface area contributed by atoms with Crippen molar-refractivity contribution in [2.45, 2.75) is 12.8 Å². The maximum atomic E-state index is 12.6. The molecule has 110 valence electrons. The van der Waals surface area contributed by atoms with Crippen LogP contribution in [-0.4, -0.2) is 42.5 Å². The Morgan fingerprint density at radius 1 is 1.33 bits per heavy atom. The smallest absolute Gasteiger partial charge is 0.253 e. The van der Waals surface area contributed by atoms with Gasteiger partial charge in [-0.05, 0) is 56.1 Å². The molecule has 0 radical (unpaired) electrons. The Balaban J connectivity index is 1.72. The van der Waals surface area contributed by atoms with E-state index in [4.69, 9.17) is 0 Å². The van der Waals surface area contributed by atoms with Crippen LogP contribution in [0.4, 0.5) is 0 Å². The Bertz CT molecular complexity index is 635. The molecule has 1 fully saturated rings. The summed E-state index contributed by atoms with van der Waals surface area (Å²) in [4.78, 5) is 18.7. The van der Waals surface area contributed by atoms with Crippen molar-refractivity contribution in [3.63, 3.8) is 0 Å². The van der Waals surface area contributed by atoms with Gasteiger partial charge in [-0.2, -0.15) is 0 Å². The van der Waals surface area contributed by atoms with E-state index in [0.717, 1.165) is 48.9 Å². The number of amides is 1. The fourth-order valence-corrected chi connectivity index (χ4v) is 2.96. The fourth-order valence-electron chi connectivity index (χ4n) is 2.96. The minimum absolute atomic E-state index is 0.0966. The van der Waals surface area contributed by atoms with Crippen LogP contribution in [0.15, 0.2) is 36.5 Å². The molecule has 1 aromatic carbocycles. The molecule has 0 unspecified atom stereocenters. The Morgan fingerprint density at radius 2 is 2.14 bits per heavy atom. The zero-order valence-corrected chi connectivity index (χ0v) is 12.4. The van der Waals surface area contributed by atoms with Crippen LogP contribution in [0, 0.1) is 5.92 Å². The second-order valence-corrected chi connectivity index (χ2v) is 5.79. The first-order chi connectivity index (χ1) is 10.2. The summed E-state index contributed by atoms with van der Waals surface area (Å²) in [5, 5.41) is 4.37. The Hall–Kier alpha value is -1.94. The Morgan fingerprint density at radius 3 is 2.95 bits per heavy atom. The van der Waals surface area contributed by atoms with Crippen molar-refractivity contribution in [1.82, 2.24) is 15.2 Å². The lowest BCUT2D eigenvalue weighted by molar-refractivity contribution is 0.0763. The van der Waals surface area contributed by atoms with Gasteiger partial charge in [0.05, 0.1) is 5.52 Å². The SMILES string of the molecule is CN(CC1CCNCC1)C(=O)c1ccc2ncccc2c1. The van der Waals surface area contributed by atoms with Crippen LogP contribution in [0.5, 0.6) is 0 Å². The molecule has 21 heavy (non-hydrogen) atoms. The van der Waals surface area contributed by atoms with E-state index in [1.807, 2.05) is 42.3 Å². The van der Waals surface area contributed by atoms with Crippen LogP contribution >= 0.6 is 0 Å². The normalized spacial score (nSPS) is 16.0. The summed E-state index contributed by atoms with van der Waals surface area (Å²) >= 11 is 0. The quantitative estimate of drug-likeness (QED) is 0.940. The third-order valence-corrected chi connectivity index (χ3v) is 4.19. The van der Waals surface area contributed by atoms with Crippen LogP contribution in [0.2, 0.25) is 0 Å². The van der Waals surface area contributed by atoms with Gasteiger partial charge >= 0.3 is 0 Å². The van der Waals surface area contributed by atoms with Crippen LogP contribution in [0.25, 0.3) is 10.9 Å². The number of rotatable bonds is 3. The highest BCUT2D eigenvalue weighted by molar-refractivity contribution is 5.97. The Labute approximate surface area is 125 Å². The molecule has 1 aliphatic heterocycles. The molecule has 0 saturated carbocycles. The lowest BCUT2D eigenvalue weighted by Gasteiger charge is -2.27. The molecule has 1 aliphatic rings. The van der Waals surface area contributed by atoms with Gasteiger partial charge in [-0.15, -0.1) is 0 Å². The number of nitrogens with one attached hydrogen (secondary N) is 1. The van der Waals surface area contributed by atoms with Crippen molar-refractivity contribution in [2.75, 3.05) is 26.7 Å². The number of hydrogen-bond acceptors (Lipinski definition) is 3. The maximum absolute atomic E-state index is 12.6. The molecule has 0 atom stereocenters. The largest absolute Gasteiger partial charge is 0.341 e. The molecule has 4 heteroatoms. The predicted octanol–water partition coefficient (Wildman–Crippen LogP) is 2.31. The summed E-state index contributed by atoms with van der Waals surface area (Å²) in [6.45, 7) is 2.97. The third-order valence-electron chi connectivity index (χ3n) is 4.19. The minimum Gasteiger partial charge on any atom is -0.341 e. The third kappa shape index (κ3) is 3.22. The topological polar surface area (TPSA) is 45.2 Å². The standard InChI is InChI=1S/C17H21N3O/c1-20(12-13-6-9-18-10-7-13)17(21)15-4-5-16-14(11-15)3-2-8-19-16/h2-5,8,11,13,18H,6-7,9-10,12H2,1H3. The number of carbonyl (C=O) groups excluding carboxylic acids is 1. The van der Waals surface area contributed by atoms with Crippen molar-refractivity contribution >= 4 is 16.8 Å². The molecule has 0 bridgehead atoms. The van der Waals surface area contributed by atoms with E-state index in [-0.39, 0.29) is 5.91 Å². The molecule has 0 spiro atoms. The van der Waals surface area contributed by atoms with Gasteiger partial charge in [-0.1, -0.05) is 6.07 Å². The number of carbonyl (C=O) groups is 1. The maximum Gasteiger partial charge on any atom is 0.253 e. The number of fused-ring (bicyclic) bond motifs is 1. The van der Waals surface area contributed by atoms with Gasteiger partial charge in [-0.25, -0.2) is 0 Å². The molecule has 1 N–H and O–H groups in total. The average molecular weight is 283 g/mol. The highest BCUT2D eigenvalue weighted by Gasteiger charge is 2.19. The monoisotopic (exact) mass is 283 g/mol. The molecule has 1 aromatic heterocycles. The molecular weight excluding hydrogens is 262 g/mol. The second kappa shape index (κ2) is 6.22. The summed E-state index contributed by atoms with van der Waals surface area (Å²) in [7, 11) is 1.90. The minimum atomic E-state index is 0.0966. The molecule has 1 amide bonds. The van der Waals surface area contributed by atoms with E-state index < -0.39 is 0 Å². The number of benzene rings is 1. The zero-order chi connectivity index (χ0) is 14.7. The number of nitrogens with zero attached hydrogens (tertiary/aromatic N) is 2. The van der Waals surface area contributed by atoms with E-state index in [2.05, 4.69) is 10.3 Å². The van der Waals surface area contributed by atoms with Crippen molar-refractivity contribution in [2.24, 2.45) is 5.92 Å². The van der Waals surface area contributed by atoms with E-state index >= 15 is 0 Å². The molecule has 0 aliphatic carbocycles. The van der Waals surface area contributed by atoms with E-state index in [1.54, 1.807) is 6.20 Å². The summed E-state index contributed by atoms with van der Waals surface area (Å²) in [6.07, 6.45) is 4.07. The van der Waals surface area contributed by atoms with Crippen LogP contribution in [0.1, 0.15) is 23.2 Å². The summed E-state index contributed by atoms with van der Waals surface area (Å²) < 4.78 is 0. The van der Waals surface area contributed by atoms with Crippen molar-refractivity contribution < 1.29 is 4.79 Å². The van der Waals surface area contributed by atoms with Gasteiger partial charge in [0.15, 0.2) is 0 Å². The van der Waals surface area contributed by atoms with E-state index in [9.17, 15) is 4.79 Å². The average Bonchev–Trinajstić information content (AvgIpc) is 2.54.